The minimum absolute atomic E-state index is 0.0267. The lowest BCUT2D eigenvalue weighted by atomic mass is 10.3. The van der Waals surface area contributed by atoms with Crippen LogP contribution in [0.4, 0.5) is 4.79 Å². The molecule has 8 heteroatoms. The molecule has 0 atom stereocenters. The monoisotopic (exact) mass is 359 g/mol. The first kappa shape index (κ1) is 19.0. The van der Waals surface area contributed by atoms with Crippen LogP contribution in [0, 0.1) is 0 Å². The summed E-state index contributed by atoms with van der Waals surface area (Å²) in [6, 6.07) is 10.4. The number of benzene rings is 1. The van der Waals surface area contributed by atoms with E-state index in [1.165, 1.54) is 0 Å². The average Bonchev–Trinajstić information content (AvgIpc) is 2.64. The number of carboxylic acids is 1. The fraction of sp³-hybridized carbons (Fsp3) is 0.278. The fourth-order valence-electron chi connectivity index (χ4n) is 2.05. The highest BCUT2D eigenvalue weighted by Gasteiger charge is 2.04. The standard InChI is InChI=1S/C18H21N3O5/c1-25-14-4-2-5-15(10-14)26-16-8-7-13(11-20-16)12-21-18(24)19-9-3-6-17(22)23/h2,4-5,7-8,10-11H,3,6,9,12H2,1H3,(H,22,23)(H2,19,21,24). The van der Waals surface area contributed by atoms with E-state index in [2.05, 4.69) is 15.6 Å². The van der Waals surface area contributed by atoms with Crippen LogP contribution in [0.1, 0.15) is 18.4 Å². The third-order valence-electron chi connectivity index (χ3n) is 3.37. The number of carbonyl (C=O) groups excluding carboxylic acids is 1. The van der Waals surface area contributed by atoms with Gasteiger partial charge in [-0.15, -0.1) is 0 Å². The van der Waals surface area contributed by atoms with Gasteiger partial charge in [-0.2, -0.15) is 0 Å². The Morgan fingerprint density at radius 3 is 2.65 bits per heavy atom. The molecule has 1 aromatic carbocycles. The predicted octanol–water partition coefficient (Wildman–Crippen LogP) is 2.55. The Kier molecular flexibility index (Phi) is 7.23. The van der Waals surface area contributed by atoms with E-state index in [1.54, 1.807) is 37.6 Å². The SMILES string of the molecule is COc1cccc(Oc2ccc(CNC(=O)NCCCC(=O)O)cn2)c1. The molecule has 0 aliphatic heterocycles. The van der Waals surface area contributed by atoms with Gasteiger partial charge in [-0.05, 0) is 24.1 Å². The molecule has 2 rings (SSSR count). The van der Waals surface area contributed by atoms with Crippen LogP contribution in [0.15, 0.2) is 42.6 Å². The van der Waals surface area contributed by atoms with Gasteiger partial charge >= 0.3 is 12.0 Å². The highest BCUT2D eigenvalue weighted by molar-refractivity contribution is 5.73. The number of methoxy groups -OCH3 is 1. The summed E-state index contributed by atoms with van der Waals surface area (Å²) in [5, 5.41) is 13.8. The lowest BCUT2D eigenvalue weighted by Gasteiger charge is -2.09. The van der Waals surface area contributed by atoms with E-state index in [4.69, 9.17) is 14.6 Å². The molecular formula is C18H21N3O5. The molecule has 0 unspecified atom stereocenters. The summed E-state index contributed by atoms with van der Waals surface area (Å²) >= 11 is 0. The number of rotatable bonds is 9. The van der Waals surface area contributed by atoms with Crippen molar-refractivity contribution < 1.29 is 24.2 Å². The van der Waals surface area contributed by atoms with E-state index in [0.29, 0.717) is 36.9 Å². The summed E-state index contributed by atoms with van der Waals surface area (Å²) in [4.78, 5) is 26.2. The largest absolute Gasteiger partial charge is 0.497 e. The number of ether oxygens (including phenoxy) is 2. The summed E-state index contributed by atoms with van der Waals surface area (Å²) in [6.07, 6.45) is 2.03. The number of carbonyl (C=O) groups is 2. The molecular weight excluding hydrogens is 338 g/mol. The zero-order valence-electron chi connectivity index (χ0n) is 14.4. The molecule has 1 aromatic heterocycles. The zero-order chi connectivity index (χ0) is 18.8. The van der Waals surface area contributed by atoms with E-state index in [0.717, 1.165) is 5.56 Å². The quantitative estimate of drug-likeness (QED) is 0.594. The number of aromatic nitrogens is 1. The molecule has 1 heterocycles. The summed E-state index contributed by atoms with van der Waals surface area (Å²) < 4.78 is 10.8. The fourth-order valence-corrected chi connectivity index (χ4v) is 2.05. The third-order valence-corrected chi connectivity index (χ3v) is 3.37. The lowest BCUT2D eigenvalue weighted by molar-refractivity contribution is -0.137. The van der Waals surface area contributed by atoms with Crippen LogP contribution in [0.25, 0.3) is 0 Å². The molecule has 0 fully saturated rings. The molecule has 26 heavy (non-hydrogen) atoms. The van der Waals surface area contributed by atoms with E-state index < -0.39 is 5.97 Å². The van der Waals surface area contributed by atoms with Gasteiger partial charge in [0.25, 0.3) is 0 Å². The molecule has 8 nitrogen and oxygen atoms in total. The Balaban J connectivity index is 1.76. The lowest BCUT2D eigenvalue weighted by Crippen LogP contribution is -2.35. The maximum atomic E-state index is 11.6. The second kappa shape index (κ2) is 9.87. The molecule has 0 spiro atoms. The van der Waals surface area contributed by atoms with Crippen molar-refractivity contribution in [3.8, 4) is 17.4 Å². The molecule has 0 aliphatic rings. The maximum Gasteiger partial charge on any atom is 0.315 e. The summed E-state index contributed by atoms with van der Waals surface area (Å²) in [5.41, 5.74) is 0.809. The summed E-state index contributed by atoms with van der Waals surface area (Å²) in [6.45, 7) is 0.612. The van der Waals surface area contributed by atoms with Gasteiger partial charge < -0.3 is 25.2 Å². The molecule has 2 amide bonds. The van der Waals surface area contributed by atoms with Gasteiger partial charge in [0, 0.05) is 37.8 Å². The van der Waals surface area contributed by atoms with Gasteiger partial charge in [0.05, 0.1) is 7.11 Å². The van der Waals surface area contributed by atoms with Gasteiger partial charge in [-0.1, -0.05) is 12.1 Å². The van der Waals surface area contributed by atoms with Gasteiger partial charge in [-0.3, -0.25) is 4.79 Å². The van der Waals surface area contributed by atoms with E-state index in [1.807, 2.05) is 12.1 Å². The van der Waals surface area contributed by atoms with Crippen LogP contribution in [0.3, 0.4) is 0 Å². The van der Waals surface area contributed by atoms with Crippen molar-refractivity contribution >= 4 is 12.0 Å². The van der Waals surface area contributed by atoms with Crippen molar-refractivity contribution in [2.45, 2.75) is 19.4 Å². The number of urea groups is 1. The Morgan fingerprint density at radius 2 is 1.96 bits per heavy atom. The minimum Gasteiger partial charge on any atom is -0.497 e. The number of nitrogens with one attached hydrogen (secondary N) is 2. The Bertz CT molecular complexity index is 734. The number of hydrogen-bond acceptors (Lipinski definition) is 5. The molecule has 0 bridgehead atoms. The van der Waals surface area contributed by atoms with Crippen LogP contribution in [0.5, 0.6) is 17.4 Å². The average molecular weight is 359 g/mol. The van der Waals surface area contributed by atoms with Gasteiger partial charge in [-0.25, -0.2) is 9.78 Å². The molecule has 0 saturated carbocycles. The Hall–Kier alpha value is -3.29. The van der Waals surface area contributed by atoms with Crippen LogP contribution >= 0.6 is 0 Å². The predicted molar refractivity (Wildman–Crippen MR) is 94.4 cm³/mol. The number of amides is 2. The van der Waals surface area contributed by atoms with Gasteiger partial charge in [0.15, 0.2) is 0 Å². The van der Waals surface area contributed by atoms with E-state index in [-0.39, 0.29) is 12.5 Å². The van der Waals surface area contributed by atoms with Crippen LogP contribution in [-0.4, -0.2) is 35.7 Å². The number of pyridine rings is 1. The van der Waals surface area contributed by atoms with Crippen molar-refractivity contribution in [1.82, 2.24) is 15.6 Å². The van der Waals surface area contributed by atoms with Gasteiger partial charge in [0.1, 0.15) is 11.5 Å². The Labute approximate surface area is 151 Å². The number of aliphatic carboxylic acids is 1. The van der Waals surface area contributed by atoms with Crippen LogP contribution in [0.2, 0.25) is 0 Å². The van der Waals surface area contributed by atoms with E-state index >= 15 is 0 Å². The number of hydrogen-bond donors (Lipinski definition) is 3. The first-order chi connectivity index (χ1) is 12.6. The molecule has 0 radical (unpaired) electrons. The molecule has 3 N–H and O–H groups in total. The van der Waals surface area contributed by atoms with Crippen molar-refractivity contribution in [1.29, 1.82) is 0 Å². The second-order valence-electron chi connectivity index (χ2n) is 5.39. The van der Waals surface area contributed by atoms with Crippen molar-refractivity contribution in [2.24, 2.45) is 0 Å². The minimum atomic E-state index is -0.880. The van der Waals surface area contributed by atoms with Crippen molar-refractivity contribution in [2.75, 3.05) is 13.7 Å². The number of nitrogens with zero attached hydrogens (tertiary/aromatic N) is 1. The second-order valence-corrected chi connectivity index (χ2v) is 5.39. The van der Waals surface area contributed by atoms with Crippen LogP contribution in [-0.2, 0) is 11.3 Å². The normalized spacial score (nSPS) is 10.0. The number of carboxylic acid groups (broad SMARTS) is 1. The first-order valence-corrected chi connectivity index (χ1v) is 8.07. The summed E-state index contributed by atoms with van der Waals surface area (Å²) in [7, 11) is 1.58. The third kappa shape index (κ3) is 6.68. The molecule has 138 valence electrons. The Morgan fingerprint density at radius 1 is 1.15 bits per heavy atom. The molecule has 0 aliphatic carbocycles. The van der Waals surface area contributed by atoms with E-state index in [9.17, 15) is 9.59 Å². The van der Waals surface area contributed by atoms with Gasteiger partial charge in [0.2, 0.25) is 5.88 Å². The maximum absolute atomic E-state index is 11.6. The first-order valence-electron chi connectivity index (χ1n) is 8.07. The summed E-state index contributed by atoms with van der Waals surface area (Å²) in [5.74, 6) is 0.857. The van der Waals surface area contributed by atoms with Crippen molar-refractivity contribution in [3.05, 3.63) is 48.2 Å². The van der Waals surface area contributed by atoms with Crippen LogP contribution < -0.4 is 20.1 Å². The highest BCUT2D eigenvalue weighted by Crippen LogP contribution is 2.23. The smallest absolute Gasteiger partial charge is 0.315 e. The van der Waals surface area contributed by atoms with Crippen molar-refractivity contribution in [3.63, 3.8) is 0 Å². The zero-order valence-corrected chi connectivity index (χ0v) is 14.4. The topological polar surface area (TPSA) is 110 Å². The highest BCUT2D eigenvalue weighted by atomic mass is 16.5. The molecule has 2 aromatic rings. The molecule has 0 saturated heterocycles.